The number of ether oxygens (including phenoxy) is 1. The maximum atomic E-state index is 14.6. The monoisotopic (exact) mass is 726 g/mol. The van der Waals surface area contributed by atoms with Gasteiger partial charge in [0.25, 0.3) is 0 Å². The third-order valence-electron chi connectivity index (χ3n) is 11.6. The summed E-state index contributed by atoms with van der Waals surface area (Å²) < 4.78 is 23.9. The Morgan fingerprint density at radius 1 is 0.926 bits per heavy atom. The smallest absolute Gasteiger partial charge is 0.217 e. The normalized spacial score (nSPS) is 18.9. The van der Waals surface area contributed by atoms with Gasteiger partial charge in [-0.1, -0.05) is 75.6 Å². The number of carbonyl (C=O) groups excluding carboxylic acids is 1. The van der Waals surface area contributed by atoms with E-state index in [0.717, 1.165) is 87.2 Å². The van der Waals surface area contributed by atoms with E-state index in [0.29, 0.717) is 6.42 Å². The van der Waals surface area contributed by atoms with Crippen molar-refractivity contribution in [2.75, 3.05) is 18.0 Å². The second-order valence-electron chi connectivity index (χ2n) is 16.2. The molecule has 3 aromatic carbocycles. The van der Waals surface area contributed by atoms with Crippen LogP contribution in [0.5, 0.6) is 5.75 Å². The largest absolute Gasteiger partial charge is 0.457 e. The molecule has 1 aliphatic carbocycles. The summed E-state index contributed by atoms with van der Waals surface area (Å²) in [4.78, 5) is 14.4. The topological polar surface area (TPSA) is 44.6 Å². The van der Waals surface area contributed by atoms with E-state index in [1.807, 2.05) is 6.07 Å². The number of benzene rings is 3. The van der Waals surface area contributed by atoms with Crippen molar-refractivity contribution in [1.29, 1.82) is 0 Å². The lowest BCUT2D eigenvalue weighted by Gasteiger charge is -2.27. The van der Waals surface area contributed by atoms with Crippen LogP contribution in [-0.4, -0.2) is 37.3 Å². The summed E-state index contributed by atoms with van der Waals surface area (Å²) in [5.41, 5.74) is 10.2. The second-order valence-corrected chi connectivity index (χ2v) is 16.2. The van der Waals surface area contributed by atoms with E-state index in [1.54, 1.807) is 20.1 Å². The number of carbonyl (C=O) groups is 1. The van der Waals surface area contributed by atoms with Gasteiger partial charge in [0, 0.05) is 53.9 Å². The van der Waals surface area contributed by atoms with Crippen LogP contribution in [-0.2, 0) is 15.6 Å². The number of unbranched alkanes of at least 4 members (excludes halogenated alkanes) is 3. The Bertz CT molecular complexity index is 2020. The minimum absolute atomic E-state index is 0.0882. The van der Waals surface area contributed by atoms with Crippen molar-refractivity contribution < 1.29 is 18.5 Å². The molecule has 1 amide bonds. The fourth-order valence-electron chi connectivity index (χ4n) is 8.41. The average Bonchev–Trinajstić information content (AvgIpc) is 3.50. The summed E-state index contributed by atoms with van der Waals surface area (Å²) in [5, 5.41) is 2.75. The molecule has 0 unspecified atom stereocenters. The number of halogens is 1. The predicted octanol–water partition coefficient (Wildman–Crippen LogP) is 10.2. The zero-order valence-electron chi connectivity index (χ0n) is 33.5. The van der Waals surface area contributed by atoms with Gasteiger partial charge in [-0.15, -0.1) is 0 Å². The van der Waals surface area contributed by atoms with Crippen molar-refractivity contribution in [1.82, 2.24) is 5.23 Å². The Morgan fingerprint density at radius 2 is 1.70 bits per heavy atom. The minimum Gasteiger partial charge on any atom is -0.457 e. The molecule has 2 heterocycles. The van der Waals surface area contributed by atoms with E-state index in [9.17, 15) is 9.18 Å². The summed E-state index contributed by atoms with van der Waals surface area (Å²) in [7, 11) is 1.70. The summed E-state index contributed by atoms with van der Waals surface area (Å²) in [6.45, 7) is 15.1. The molecule has 0 fully saturated rings. The molecule has 0 spiro atoms. The number of hydrogen-bond donors (Lipinski definition) is 1. The van der Waals surface area contributed by atoms with Gasteiger partial charge in [0.15, 0.2) is 5.71 Å². The van der Waals surface area contributed by atoms with Gasteiger partial charge in [-0.25, -0.2) is 4.39 Å². The molecule has 54 heavy (non-hydrogen) atoms. The number of rotatable bonds is 14. The van der Waals surface area contributed by atoms with Gasteiger partial charge in [0.05, 0.1) is 5.41 Å². The third kappa shape index (κ3) is 8.21. The van der Waals surface area contributed by atoms with Crippen LogP contribution >= 0.6 is 0 Å². The lowest BCUT2D eigenvalue weighted by molar-refractivity contribution is -0.438. The molecular formula is C47H58BFN3O2+. The zero-order valence-corrected chi connectivity index (χ0v) is 33.5. The van der Waals surface area contributed by atoms with Crippen LogP contribution in [0, 0.1) is 12.7 Å². The summed E-state index contributed by atoms with van der Waals surface area (Å²) >= 11 is 0. The molecule has 0 radical (unpaired) electrons. The third-order valence-corrected chi connectivity index (χ3v) is 11.6. The highest BCUT2D eigenvalue weighted by molar-refractivity contribution is 6.14. The molecule has 3 aromatic rings. The summed E-state index contributed by atoms with van der Waals surface area (Å²) in [6.07, 6.45) is 17.7. The van der Waals surface area contributed by atoms with Crippen LogP contribution in [0.4, 0.5) is 15.8 Å². The number of aryl methyl sites for hydroxylation is 1. The van der Waals surface area contributed by atoms with Crippen LogP contribution in [0.3, 0.4) is 0 Å². The number of allylic oxidation sites excluding steroid dienone is 7. The number of nitrogens with one attached hydrogen (secondary N) is 1. The Labute approximate surface area is 323 Å². The highest BCUT2D eigenvalue weighted by Crippen LogP contribution is 2.48. The highest BCUT2D eigenvalue weighted by atomic mass is 19.1. The Balaban J connectivity index is 1.41. The van der Waals surface area contributed by atoms with Crippen molar-refractivity contribution in [3.63, 3.8) is 0 Å². The van der Waals surface area contributed by atoms with Crippen LogP contribution < -0.4 is 14.9 Å². The van der Waals surface area contributed by atoms with Crippen molar-refractivity contribution in [2.24, 2.45) is 0 Å². The van der Waals surface area contributed by atoms with Crippen molar-refractivity contribution >= 4 is 31.0 Å². The quantitative estimate of drug-likeness (QED) is 0.102. The number of para-hydroxylation sites is 1. The minimum atomic E-state index is -0.344. The molecule has 0 saturated carbocycles. The average molecular weight is 727 g/mol. The van der Waals surface area contributed by atoms with Gasteiger partial charge in [0.2, 0.25) is 19.6 Å². The number of nitrogens with zero attached hydrogens (tertiary/aromatic N) is 2. The first-order valence-corrected chi connectivity index (χ1v) is 20.1. The molecule has 0 saturated heterocycles. The predicted molar refractivity (Wildman–Crippen MR) is 224 cm³/mol. The van der Waals surface area contributed by atoms with Crippen molar-refractivity contribution in [3.05, 3.63) is 136 Å². The lowest BCUT2D eigenvalue weighted by atomic mass is 9.81. The van der Waals surface area contributed by atoms with Crippen molar-refractivity contribution in [2.45, 2.75) is 110 Å². The fraction of sp³-hybridized carbons (Fsp3) is 0.404. The fourth-order valence-corrected chi connectivity index (χ4v) is 8.41. The molecule has 7 heteroatoms. The SMILES string of the molecule is BNC(=O)CCCC[N+]1=C(/C=C/C2=C(Oc3ccc(C)cc3)C(=C/C=C3/N(CCCCC)c4ccc(F)cc4C3(C)C)/CCC2)C(C)(C)c2ccccc21. The molecule has 6 rings (SSSR count). The van der Waals surface area contributed by atoms with E-state index in [2.05, 4.69) is 129 Å². The van der Waals surface area contributed by atoms with E-state index in [1.165, 1.54) is 39.4 Å². The standard InChI is InChI=1S/C47H57BFN3O2/c1-7-8-12-30-52-41-27-24-36(49)32-39(41)47(5,6)43(52)29-23-35-16-14-15-34(45(35)54-37-25-20-33(2)21-26-37)22-28-42-46(3,4)38-17-9-10-18-40(38)51(42)31-13-11-19-44(53)50-48/h9-10,17-18,20-29,32H,7-8,11-16,19,30-31,48H2,1-6H3/p+1. The molecule has 2 aliphatic heterocycles. The van der Waals surface area contributed by atoms with Gasteiger partial charge in [-0.3, -0.25) is 4.79 Å². The Morgan fingerprint density at radius 3 is 2.46 bits per heavy atom. The van der Waals surface area contributed by atoms with Gasteiger partial charge in [-0.2, -0.15) is 4.58 Å². The second kappa shape index (κ2) is 16.8. The Hall–Kier alpha value is -4.65. The van der Waals surface area contributed by atoms with Crippen LogP contribution in [0.25, 0.3) is 0 Å². The van der Waals surface area contributed by atoms with Gasteiger partial charge in [-0.05, 0) is 112 Å². The molecule has 0 bridgehead atoms. The number of fused-ring (bicyclic) bond motifs is 2. The Kier molecular flexibility index (Phi) is 12.1. The lowest BCUT2D eigenvalue weighted by Crippen LogP contribution is -2.28. The first kappa shape index (κ1) is 39.1. The van der Waals surface area contributed by atoms with E-state index >= 15 is 0 Å². The molecule has 0 atom stereocenters. The maximum absolute atomic E-state index is 14.6. The molecule has 3 aliphatic rings. The van der Waals surface area contributed by atoms with Gasteiger partial charge < -0.3 is 14.9 Å². The molecule has 1 N–H and O–H groups in total. The molecule has 5 nitrogen and oxygen atoms in total. The van der Waals surface area contributed by atoms with Gasteiger partial charge in [0.1, 0.15) is 23.9 Å². The highest BCUT2D eigenvalue weighted by Gasteiger charge is 2.44. The molecule has 282 valence electrons. The van der Waals surface area contributed by atoms with Gasteiger partial charge >= 0.3 is 0 Å². The van der Waals surface area contributed by atoms with Crippen molar-refractivity contribution in [3.8, 4) is 5.75 Å². The molecule has 0 aromatic heterocycles. The number of anilines is 1. The van der Waals surface area contributed by atoms with E-state index < -0.39 is 0 Å². The number of hydrogen-bond acceptors (Lipinski definition) is 3. The van der Waals surface area contributed by atoms with E-state index in [4.69, 9.17) is 4.74 Å². The zero-order chi connectivity index (χ0) is 38.5. The first-order chi connectivity index (χ1) is 25.9. The summed E-state index contributed by atoms with van der Waals surface area (Å²) in [5.74, 6) is 1.64. The summed E-state index contributed by atoms with van der Waals surface area (Å²) in [6, 6.07) is 22.3. The van der Waals surface area contributed by atoms with Crippen LogP contribution in [0.2, 0.25) is 0 Å². The van der Waals surface area contributed by atoms with Crippen LogP contribution in [0.15, 0.2) is 114 Å². The molecular weight excluding hydrogens is 668 g/mol. The van der Waals surface area contributed by atoms with Crippen LogP contribution in [0.1, 0.15) is 109 Å². The first-order valence-electron chi connectivity index (χ1n) is 20.1. The van der Waals surface area contributed by atoms with E-state index in [-0.39, 0.29) is 22.6 Å². The number of amides is 1. The maximum Gasteiger partial charge on any atom is 0.217 e.